The number of methoxy groups -OCH3 is 1. The van der Waals surface area contributed by atoms with Gasteiger partial charge in [0.1, 0.15) is 5.75 Å². The molecular weight excluding hydrogens is 521 g/mol. The van der Waals surface area contributed by atoms with Gasteiger partial charge in [0.05, 0.1) is 44.9 Å². The van der Waals surface area contributed by atoms with Crippen LogP contribution >= 0.6 is 0 Å². The molecule has 4 nitrogen and oxygen atoms in total. The average Bonchev–Trinajstić information content (AvgIpc) is 2.62. The van der Waals surface area contributed by atoms with E-state index in [1.54, 1.807) is 7.11 Å². The summed E-state index contributed by atoms with van der Waals surface area (Å²) in [7, 11) is 18.9. The lowest BCUT2D eigenvalue weighted by Crippen LogP contribution is -2.88. The molecule has 0 fully saturated rings. The Labute approximate surface area is 200 Å². The summed E-state index contributed by atoms with van der Waals surface area (Å²) in [6, 6.07) is 4.69. The first kappa shape index (κ1) is 27.1. The smallest absolute Gasteiger partial charge is 0.512 e. The van der Waals surface area contributed by atoms with Gasteiger partial charge in [0.2, 0.25) is 6.87 Å². The van der Waals surface area contributed by atoms with Crippen LogP contribution in [0.1, 0.15) is 16.7 Å². The Morgan fingerprint density at radius 1 is 0.933 bits per heavy atom. The highest BCUT2D eigenvalue weighted by molar-refractivity contribution is 8.11. The summed E-state index contributed by atoms with van der Waals surface area (Å²) in [6.45, 7) is -1.69. The van der Waals surface area contributed by atoms with E-state index in [0.717, 1.165) is 23.3 Å². The molecule has 0 saturated carbocycles. The predicted octanol–water partition coefficient (Wildman–Crippen LogP) is -0.431. The van der Waals surface area contributed by atoms with Crippen molar-refractivity contribution in [1.82, 2.24) is 0 Å². The fraction of sp³-hybridized carbons (Fsp3) is 0.294. The van der Waals surface area contributed by atoms with E-state index in [4.69, 9.17) is 37.3 Å². The summed E-state index contributed by atoms with van der Waals surface area (Å²) in [5.41, 5.74) is 3.44. The Morgan fingerprint density at radius 2 is 1.43 bits per heavy atom. The van der Waals surface area contributed by atoms with Crippen molar-refractivity contribution in [3.05, 3.63) is 28.8 Å². The first-order chi connectivity index (χ1) is 13.9. The summed E-state index contributed by atoms with van der Waals surface area (Å²) < 4.78 is 22.5. The van der Waals surface area contributed by atoms with Crippen molar-refractivity contribution in [3.8, 4) is 43.3 Å². The SMILES string of the molecule is C#CO[Si](OC#C)[Si](CCc1c(C)cc(OC)cc1C)([Si]([Si])([Si])[Si])[Si]([Si])([Si])OC#C. The maximum absolute atomic E-state index is 5.79. The van der Waals surface area contributed by atoms with Crippen LogP contribution in [-0.2, 0) is 19.7 Å². The molecule has 0 N–H and O–H groups in total. The van der Waals surface area contributed by atoms with Crippen molar-refractivity contribution in [1.29, 1.82) is 0 Å². The van der Waals surface area contributed by atoms with E-state index in [-0.39, 0.29) is 0 Å². The van der Waals surface area contributed by atoms with Crippen molar-refractivity contribution in [2.24, 2.45) is 0 Å². The minimum Gasteiger partial charge on any atom is -0.514 e. The molecular formula is C17H18O4Si9. The zero-order valence-electron chi connectivity index (χ0n) is 16.9. The van der Waals surface area contributed by atoms with Crippen molar-refractivity contribution in [2.75, 3.05) is 7.11 Å². The van der Waals surface area contributed by atoms with Crippen LogP contribution in [0, 0.1) is 51.4 Å². The molecule has 0 aromatic heterocycles. The monoisotopic (exact) mass is 538 g/mol. The third kappa shape index (κ3) is 5.64. The predicted molar refractivity (Wildman–Crippen MR) is 133 cm³/mol. The summed E-state index contributed by atoms with van der Waals surface area (Å²) in [6.07, 6.45) is 21.4. The van der Waals surface area contributed by atoms with E-state index in [2.05, 4.69) is 81.0 Å². The molecule has 0 amide bonds. The highest BCUT2D eigenvalue weighted by Gasteiger charge is 2.69. The molecule has 13 heteroatoms. The van der Waals surface area contributed by atoms with E-state index in [9.17, 15) is 0 Å². The highest BCUT2D eigenvalue weighted by atomic mass is 30.4. The number of rotatable bonds is 10. The maximum Gasteiger partial charge on any atom is 0.512 e. The molecule has 146 valence electrons. The second-order valence-electron chi connectivity index (χ2n) is 6.52. The molecule has 0 bridgehead atoms. The highest BCUT2D eigenvalue weighted by Crippen LogP contribution is 2.32. The van der Waals surface area contributed by atoms with Crippen LogP contribution < -0.4 is 4.74 Å². The first-order valence-corrected chi connectivity index (χ1v) is 26.5. The van der Waals surface area contributed by atoms with E-state index in [1.165, 1.54) is 5.56 Å². The van der Waals surface area contributed by atoms with Gasteiger partial charge < -0.3 is 18.0 Å². The number of aryl methyl sites for hydroxylation is 2. The van der Waals surface area contributed by atoms with E-state index < -0.39 is 28.4 Å². The molecule has 0 spiro atoms. The Morgan fingerprint density at radius 3 is 1.80 bits per heavy atom. The van der Waals surface area contributed by atoms with Crippen LogP contribution in [0.3, 0.4) is 0 Å². The minimum absolute atomic E-state index is 0.669. The van der Waals surface area contributed by atoms with Gasteiger partial charge in [0.15, 0.2) is 6.63 Å². The van der Waals surface area contributed by atoms with Crippen LogP contribution in [0.4, 0.5) is 0 Å². The van der Waals surface area contributed by atoms with Gasteiger partial charge in [0, 0.05) is 35.4 Å². The second-order valence-corrected chi connectivity index (χ2v) is 55.1. The van der Waals surface area contributed by atoms with Gasteiger partial charge in [0.25, 0.3) is 0 Å². The van der Waals surface area contributed by atoms with Gasteiger partial charge in [-0.1, -0.05) is 25.3 Å². The number of benzene rings is 1. The zero-order chi connectivity index (χ0) is 23.2. The summed E-state index contributed by atoms with van der Waals surface area (Å²) in [5.74, 6) is 0.817. The maximum atomic E-state index is 5.79. The number of terminal acetylenes is 3. The molecule has 1 atom stereocenters. The van der Waals surface area contributed by atoms with Crippen LogP contribution in [0.5, 0.6) is 5.75 Å². The molecule has 1 aromatic carbocycles. The van der Waals surface area contributed by atoms with E-state index in [1.807, 2.05) is 12.1 Å². The third-order valence-electron chi connectivity index (χ3n) is 4.76. The van der Waals surface area contributed by atoms with Crippen LogP contribution in [-0.4, -0.2) is 84.4 Å². The fourth-order valence-electron chi connectivity index (χ4n) is 3.28. The fourth-order valence-corrected chi connectivity index (χ4v) is 93.5. The summed E-state index contributed by atoms with van der Waals surface area (Å²) in [5, 5.41) is 0. The van der Waals surface area contributed by atoms with Crippen LogP contribution in [0.25, 0.3) is 0 Å². The Hall–Kier alpha value is -0.948. The molecule has 0 heterocycles. The minimum atomic E-state index is -2.95. The van der Waals surface area contributed by atoms with Crippen molar-refractivity contribution < 1.29 is 18.0 Å². The van der Waals surface area contributed by atoms with E-state index >= 15 is 0 Å². The Kier molecular flexibility index (Phi) is 10.0. The van der Waals surface area contributed by atoms with Crippen molar-refractivity contribution in [2.45, 2.75) is 26.3 Å². The Bertz CT molecular complexity index is 840. The number of hydrogen-bond donors (Lipinski definition) is 0. The molecule has 1 unspecified atom stereocenters. The zero-order valence-corrected chi connectivity index (χ0v) is 25.9. The normalized spacial score (nSPS) is 13.4. The summed E-state index contributed by atoms with van der Waals surface area (Å²) >= 11 is 0. The van der Waals surface area contributed by atoms with E-state index in [0.29, 0.717) is 6.04 Å². The van der Waals surface area contributed by atoms with Crippen LogP contribution in [0.15, 0.2) is 12.1 Å². The molecule has 0 aliphatic carbocycles. The third-order valence-corrected chi connectivity index (χ3v) is 81.8. The Balaban J connectivity index is 3.63. The van der Waals surface area contributed by atoms with Crippen LogP contribution in [0.2, 0.25) is 6.04 Å². The average molecular weight is 539 g/mol. The standard InChI is InChI=1S/C17H18O4Si9/c1-7-19-27(20-8-2)28(30(24,25)26,29(22,23)21-9-3)11-10-17-14(4)12-16(18-6)13-15(17)5/h1-3,12-13H,10-11H2,4-6H3. The second kappa shape index (κ2) is 11.1. The van der Waals surface area contributed by atoms with Gasteiger partial charge in [-0.15, -0.1) is 0 Å². The van der Waals surface area contributed by atoms with Gasteiger partial charge in [-0.2, -0.15) is 0 Å². The molecule has 0 aliphatic heterocycles. The van der Waals surface area contributed by atoms with Crippen molar-refractivity contribution in [3.63, 3.8) is 0 Å². The molecule has 30 heavy (non-hydrogen) atoms. The van der Waals surface area contributed by atoms with Gasteiger partial charge in [-0.05, 0) is 49.1 Å². The lowest BCUT2D eigenvalue weighted by Gasteiger charge is -2.49. The first-order valence-electron chi connectivity index (χ1n) is 8.56. The number of hydrogen-bond acceptors (Lipinski definition) is 4. The molecule has 1 aromatic rings. The quantitative estimate of drug-likeness (QED) is 0.299. The largest absolute Gasteiger partial charge is 0.514 e. The lowest BCUT2D eigenvalue weighted by atomic mass is 10.0. The number of ether oxygens (including phenoxy) is 1. The topological polar surface area (TPSA) is 36.9 Å². The molecule has 0 saturated heterocycles. The molecule has 16 radical (unpaired) electrons. The van der Waals surface area contributed by atoms with Crippen molar-refractivity contribution >= 4 is 77.2 Å². The lowest BCUT2D eigenvalue weighted by molar-refractivity contribution is 0.400. The van der Waals surface area contributed by atoms with Gasteiger partial charge >= 0.3 is 8.80 Å². The van der Waals surface area contributed by atoms with Gasteiger partial charge in [-0.25, -0.2) is 0 Å². The molecule has 0 aliphatic rings. The molecule has 1 rings (SSSR count). The van der Waals surface area contributed by atoms with Gasteiger partial charge in [-0.3, -0.25) is 0 Å². The summed E-state index contributed by atoms with van der Waals surface area (Å²) in [4.78, 5) is 0.